The van der Waals surface area contributed by atoms with E-state index in [4.69, 9.17) is 5.11 Å². The first-order valence-corrected chi connectivity index (χ1v) is 6.39. The predicted octanol–water partition coefficient (Wildman–Crippen LogP) is 2.29. The summed E-state index contributed by atoms with van der Waals surface area (Å²) < 4.78 is 26.0. The van der Waals surface area contributed by atoms with Crippen molar-refractivity contribution >= 4 is 11.9 Å². The van der Waals surface area contributed by atoms with Crippen molar-refractivity contribution in [3.63, 3.8) is 0 Å². The summed E-state index contributed by atoms with van der Waals surface area (Å²) >= 11 is 0. The molecule has 6 heteroatoms. The molecule has 0 saturated carbocycles. The Morgan fingerprint density at radius 1 is 1.25 bits per heavy atom. The zero-order chi connectivity index (χ0) is 14.9. The largest absolute Gasteiger partial charge is 0.481 e. The quantitative estimate of drug-likeness (QED) is 0.906. The second kappa shape index (κ2) is 5.56. The molecule has 1 aromatic rings. The van der Waals surface area contributed by atoms with Gasteiger partial charge in [-0.05, 0) is 38.0 Å². The SMILES string of the molecule is CC1CCC(C(=O)O)CN1C(=O)c1ccc(F)c(F)c1. The van der Waals surface area contributed by atoms with E-state index in [-0.39, 0.29) is 18.2 Å². The fourth-order valence-corrected chi connectivity index (χ4v) is 2.39. The number of likely N-dealkylation sites (tertiary alicyclic amines) is 1. The molecule has 2 atom stereocenters. The molecular formula is C14H15F2NO3. The minimum absolute atomic E-state index is 0.0294. The van der Waals surface area contributed by atoms with Crippen LogP contribution in [0.3, 0.4) is 0 Å². The van der Waals surface area contributed by atoms with E-state index in [0.717, 1.165) is 12.1 Å². The van der Waals surface area contributed by atoms with Gasteiger partial charge in [0, 0.05) is 18.2 Å². The summed E-state index contributed by atoms with van der Waals surface area (Å²) in [5.74, 6) is -4.13. The summed E-state index contributed by atoms with van der Waals surface area (Å²) in [5.41, 5.74) is 0.0294. The second-order valence-electron chi connectivity index (χ2n) is 5.05. The Balaban J connectivity index is 2.21. The van der Waals surface area contributed by atoms with Gasteiger partial charge in [-0.25, -0.2) is 8.78 Å². The maximum Gasteiger partial charge on any atom is 0.308 e. The first-order valence-electron chi connectivity index (χ1n) is 6.39. The van der Waals surface area contributed by atoms with E-state index in [1.54, 1.807) is 0 Å². The van der Waals surface area contributed by atoms with Crippen LogP contribution >= 0.6 is 0 Å². The van der Waals surface area contributed by atoms with Gasteiger partial charge in [0.25, 0.3) is 5.91 Å². The number of hydrogen-bond acceptors (Lipinski definition) is 2. The van der Waals surface area contributed by atoms with Crippen LogP contribution < -0.4 is 0 Å². The highest BCUT2D eigenvalue weighted by atomic mass is 19.2. The number of carboxylic acids is 1. The van der Waals surface area contributed by atoms with Gasteiger partial charge in [0.2, 0.25) is 0 Å². The normalized spacial score (nSPS) is 22.6. The molecule has 2 rings (SSSR count). The first kappa shape index (κ1) is 14.4. The molecule has 1 aliphatic rings. The predicted molar refractivity (Wildman–Crippen MR) is 67.2 cm³/mol. The zero-order valence-electron chi connectivity index (χ0n) is 11.0. The van der Waals surface area contributed by atoms with Gasteiger partial charge in [0.15, 0.2) is 11.6 Å². The Morgan fingerprint density at radius 3 is 2.55 bits per heavy atom. The van der Waals surface area contributed by atoms with E-state index in [9.17, 15) is 18.4 Å². The van der Waals surface area contributed by atoms with E-state index < -0.39 is 29.4 Å². The Hall–Kier alpha value is -1.98. The van der Waals surface area contributed by atoms with E-state index in [1.807, 2.05) is 6.92 Å². The molecule has 1 fully saturated rings. The van der Waals surface area contributed by atoms with Crippen LogP contribution in [0, 0.1) is 17.6 Å². The van der Waals surface area contributed by atoms with Gasteiger partial charge in [-0.2, -0.15) is 0 Å². The van der Waals surface area contributed by atoms with Crippen molar-refractivity contribution in [2.45, 2.75) is 25.8 Å². The van der Waals surface area contributed by atoms with Crippen LogP contribution in [-0.2, 0) is 4.79 Å². The van der Waals surface area contributed by atoms with Crippen LogP contribution in [0.4, 0.5) is 8.78 Å². The van der Waals surface area contributed by atoms with Gasteiger partial charge in [-0.3, -0.25) is 9.59 Å². The van der Waals surface area contributed by atoms with E-state index in [1.165, 1.54) is 11.0 Å². The highest BCUT2D eigenvalue weighted by Gasteiger charge is 2.33. The lowest BCUT2D eigenvalue weighted by Gasteiger charge is -2.36. The van der Waals surface area contributed by atoms with Gasteiger partial charge in [-0.15, -0.1) is 0 Å². The number of aliphatic carboxylic acids is 1. The number of halogens is 2. The van der Waals surface area contributed by atoms with Crippen molar-refractivity contribution < 1.29 is 23.5 Å². The molecule has 0 radical (unpaired) electrons. The van der Waals surface area contributed by atoms with Gasteiger partial charge < -0.3 is 10.0 Å². The molecular weight excluding hydrogens is 268 g/mol. The maximum absolute atomic E-state index is 13.2. The van der Waals surface area contributed by atoms with Gasteiger partial charge in [0.05, 0.1) is 5.92 Å². The van der Waals surface area contributed by atoms with Crippen LogP contribution in [0.5, 0.6) is 0 Å². The average molecular weight is 283 g/mol. The Kier molecular flexibility index (Phi) is 4.01. The molecule has 0 aliphatic carbocycles. The van der Waals surface area contributed by atoms with E-state index >= 15 is 0 Å². The van der Waals surface area contributed by atoms with E-state index in [0.29, 0.717) is 12.8 Å². The number of benzene rings is 1. The van der Waals surface area contributed by atoms with Crippen molar-refractivity contribution in [2.24, 2.45) is 5.92 Å². The van der Waals surface area contributed by atoms with Crippen molar-refractivity contribution in [3.05, 3.63) is 35.4 Å². The van der Waals surface area contributed by atoms with Crippen molar-refractivity contribution in [1.29, 1.82) is 0 Å². The van der Waals surface area contributed by atoms with Crippen LogP contribution in [0.15, 0.2) is 18.2 Å². The molecule has 1 heterocycles. The molecule has 20 heavy (non-hydrogen) atoms. The highest BCUT2D eigenvalue weighted by Crippen LogP contribution is 2.24. The fourth-order valence-electron chi connectivity index (χ4n) is 2.39. The third kappa shape index (κ3) is 2.79. The van der Waals surface area contributed by atoms with Crippen LogP contribution in [0.25, 0.3) is 0 Å². The molecule has 1 amide bonds. The number of carbonyl (C=O) groups excluding carboxylic acids is 1. The number of carboxylic acid groups (broad SMARTS) is 1. The minimum atomic E-state index is -1.09. The molecule has 108 valence electrons. The molecule has 0 aromatic heterocycles. The average Bonchev–Trinajstić information content (AvgIpc) is 2.41. The maximum atomic E-state index is 13.2. The summed E-state index contributed by atoms with van der Waals surface area (Å²) in [6, 6.07) is 2.82. The molecule has 0 spiro atoms. The molecule has 1 aliphatic heterocycles. The summed E-state index contributed by atoms with van der Waals surface area (Å²) in [6.07, 6.45) is 1.09. The number of hydrogen-bond donors (Lipinski definition) is 1. The summed E-state index contributed by atoms with van der Waals surface area (Å²) in [7, 11) is 0. The number of amides is 1. The van der Waals surface area contributed by atoms with Crippen LogP contribution in [0.1, 0.15) is 30.1 Å². The Bertz CT molecular complexity index is 547. The molecule has 0 bridgehead atoms. The van der Waals surface area contributed by atoms with Gasteiger partial charge >= 0.3 is 5.97 Å². The lowest BCUT2D eigenvalue weighted by Crippen LogP contribution is -2.47. The second-order valence-corrected chi connectivity index (χ2v) is 5.05. The number of nitrogens with zero attached hydrogens (tertiary/aromatic N) is 1. The topological polar surface area (TPSA) is 57.6 Å². The Morgan fingerprint density at radius 2 is 1.95 bits per heavy atom. The van der Waals surface area contributed by atoms with E-state index in [2.05, 4.69) is 0 Å². The molecule has 2 unspecified atom stereocenters. The molecule has 4 nitrogen and oxygen atoms in total. The summed E-state index contributed by atoms with van der Waals surface area (Å²) in [6.45, 7) is 1.91. The molecule has 1 saturated heterocycles. The number of carbonyl (C=O) groups is 2. The van der Waals surface area contributed by atoms with Crippen molar-refractivity contribution in [3.8, 4) is 0 Å². The summed E-state index contributed by atoms with van der Waals surface area (Å²) in [4.78, 5) is 24.7. The zero-order valence-corrected chi connectivity index (χ0v) is 11.0. The summed E-state index contributed by atoms with van der Waals surface area (Å²) in [5, 5.41) is 9.03. The molecule has 1 N–H and O–H groups in total. The van der Waals surface area contributed by atoms with Gasteiger partial charge in [0.1, 0.15) is 0 Å². The number of piperidine rings is 1. The van der Waals surface area contributed by atoms with Crippen molar-refractivity contribution in [2.75, 3.05) is 6.54 Å². The van der Waals surface area contributed by atoms with Crippen LogP contribution in [0.2, 0.25) is 0 Å². The third-order valence-corrected chi connectivity index (χ3v) is 3.66. The monoisotopic (exact) mass is 283 g/mol. The van der Waals surface area contributed by atoms with Gasteiger partial charge in [-0.1, -0.05) is 0 Å². The minimum Gasteiger partial charge on any atom is -0.481 e. The molecule has 1 aromatic carbocycles. The Labute approximate surface area is 115 Å². The lowest BCUT2D eigenvalue weighted by molar-refractivity contribution is -0.143. The van der Waals surface area contributed by atoms with Crippen LogP contribution in [-0.4, -0.2) is 34.5 Å². The van der Waals surface area contributed by atoms with Crippen molar-refractivity contribution in [1.82, 2.24) is 4.90 Å². The first-order chi connectivity index (χ1) is 9.40. The standard InChI is InChI=1S/C14H15F2NO3/c1-8-2-3-10(14(19)20)7-17(8)13(18)9-4-5-11(15)12(16)6-9/h4-6,8,10H,2-3,7H2,1H3,(H,19,20). The number of rotatable bonds is 2. The smallest absolute Gasteiger partial charge is 0.308 e. The highest BCUT2D eigenvalue weighted by molar-refractivity contribution is 5.94. The lowest BCUT2D eigenvalue weighted by atomic mass is 9.93. The third-order valence-electron chi connectivity index (χ3n) is 3.66. The fraction of sp³-hybridized carbons (Fsp3) is 0.429.